The van der Waals surface area contributed by atoms with E-state index in [4.69, 9.17) is 9.47 Å². The molecule has 0 bridgehead atoms. The Morgan fingerprint density at radius 3 is 2.90 bits per heavy atom. The van der Waals surface area contributed by atoms with Crippen LogP contribution in [0.4, 0.5) is 4.39 Å². The molecule has 0 aliphatic carbocycles. The highest BCUT2D eigenvalue weighted by Crippen LogP contribution is 2.31. The number of pyridine rings is 1. The number of ether oxygens (including phenoxy) is 2. The van der Waals surface area contributed by atoms with Crippen LogP contribution in [0.5, 0.6) is 5.75 Å². The summed E-state index contributed by atoms with van der Waals surface area (Å²) in [7, 11) is 0. The highest BCUT2D eigenvalue weighted by atomic mass is 19.1. The normalized spacial score (nSPS) is 17.0. The number of benzene rings is 1. The zero-order chi connectivity index (χ0) is 20.7. The van der Waals surface area contributed by atoms with Gasteiger partial charge in [0, 0.05) is 36.1 Å². The molecule has 1 atom stereocenters. The summed E-state index contributed by atoms with van der Waals surface area (Å²) in [5.41, 5.74) is 1.66. The fourth-order valence-electron chi connectivity index (χ4n) is 3.79. The topological polar surface area (TPSA) is 95.3 Å². The number of fused-ring (bicyclic) bond motifs is 2. The third-order valence-electron chi connectivity index (χ3n) is 5.19. The molecule has 0 saturated heterocycles. The molecule has 1 amide bonds. The molecular formula is C21H17FN4O4. The third-order valence-corrected chi connectivity index (χ3v) is 5.19. The van der Waals surface area contributed by atoms with Gasteiger partial charge in [0.05, 0.1) is 23.9 Å². The summed E-state index contributed by atoms with van der Waals surface area (Å²) in [6.07, 6.45) is 3.76. The molecule has 2 aliphatic heterocycles. The molecule has 0 fully saturated rings. The van der Waals surface area contributed by atoms with Crippen molar-refractivity contribution in [2.24, 2.45) is 0 Å². The van der Waals surface area contributed by atoms with Gasteiger partial charge in [0.15, 0.2) is 6.79 Å². The maximum atomic E-state index is 14.0. The Hall–Kier alpha value is -3.59. The quantitative estimate of drug-likeness (QED) is 0.714. The third kappa shape index (κ3) is 3.22. The largest absolute Gasteiger partial charge is 0.466 e. The minimum absolute atomic E-state index is 0.00256. The van der Waals surface area contributed by atoms with E-state index in [1.165, 1.54) is 12.1 Å². The first-order chi connectivity index (χ1) is 14.6. The molecule has 4 heterocycles. The number of carbonyl (C=O) groups excluding carboxylic acids is 1. The van der Waals surface area contributed by atoms with Crippen LogP contribution in [-0.2, 0) is 17.9 Å². The minimum Gasteiger partial charge on any atom is -0.466 e. The van der Waals surface area contributed by atoms with Crippen LogP contribution in [0.15, 0.2) is 47.5 Å². The predicted molar refractivity (Wildman–Crippen MR) is 103 cm³/mol. The summed E-state index contributed by atoms with van der Waals surface area (Å²) < 4.78 is 26.1. The van der Waals surface area contributed by atoms with Crippen molar-refractivity contribution in [3.05, 3.63) is 75.8 Å². The standard InChI is InChI=1S/C21H17FN4O4/c22-14-7-13-10-29-11-30-19(13)15(8-14)21(28)25-16-3-6-26-18(27)9-17(24-20(16)26)12-1-4-23-5-2-12/h1-2,4-5,7-9,16H,3,6,10-11H2,(H,25,28). The number of hydrogen-bond donors (Lipinski definition) is 1. The first kappa shape index (κ1) is 18.4. The number of carbonyl (C=O) groups is 1. The number of amides is 1. The van der Waals surface area contributed by atoms with Gasteiger partial charge in [-0.3, -0.25) is 19.1 Å². The monoisotopic (exact) mass is 408 g/mol. The maximum Gasteiger partial charge on any atom is 0.255 e. The number of rotatable bonds is 3. The van der Waals surface area contributed by atoms with Crippen molar-refractivity contribution >= 4 is 5.91 Å². The van der Waals surface area contributed by atoms with Crippen LogP contribution in [-0.4, -0.2) is 27.2 Å². The zero-order valence-corrected chi connectivity index (χ0v) is 15.8. The van der Waals surface area contributed by atoms with E-state index in [9.17, 15) is 14.0 Å². The van der Waals surface area contributed by atoms with Gasteiger partial charge in [-0.15, -0.1) is 0 Å². The van der Waals surface area contributed by atoms with Crippen molar-refractivity contribution in [3.63, 3.8) is 0 Å². The molecule has 8 nitrogen and oxygen atoms in total. The van der Waals surface area contributed by atoms with Crippen molar-refractivity contribution in [1.82, 2.24) is 19.9 Å². The Balaban J connectivity index is 1.47. The summed E-state index contributed by atoms with van der Waals surface area (Å²) in [5.74, 6) is -0.255. The molecule has 1 aromatic carbocycles. The molecule has 9 heteroatoms. The lowest BCUT2D eigenvalue weighted by molar-refractivity contribution is -0.0170. The van der Waals surface area contributed by atoms with E-state index in [2.05, 4.69) is 15.3 Å². The second-order valence-electron chi connectivity index (χ2n) is 7.09. The Morgan fingerprint density at radius 1 is 1.23 bits per heavy atom. The van der Waals surface area contributed by atoms with Crippen molar-refractivity contribution in [2.75, 3.05) is 6.79 Å². The maximum absolute atomic E-state index is 14.0. The van der Waals surface area contributed by atoms with Crippen LogP contribution in [0.2, 0.25) is 0 Å². The molecule has 1 unspecified atom stereocenters. The van der Waals surface area contributed by atoms with Gasteiger partial charge in [-0.1, -0.05) is 0 Å². The van der Waals surface area contributed by atoms with Crippen molar-refractivity contribution in [2.45, 2.75) is 25.6 Å². The number of nitrogens with zero attached hydrogens (tertiary/aromatic N) is 3. The molecule has 0 radical (unpaired) electrons. The number of nitrogens with one attached hydrogen (secondary N) is 1. The smallest absolute Gasteiger partial charge is 0.255 e. The lowest BCUT2D eigenvalue weighted by atomic mass is 10.1. The van der Waals surface area contributed by atoms with Gasteiger partial charge >= 0.3 is 0 Å². The molecule has 2 aromatic heterocycles. The number of halogens is 1. The fourth-order valence-corrected chi connectivity index (χ4v) is 3.79. The molecule has 1 N–H and O–H groups in total. The van der Waals surface area contributed by atoms with Crippen molar-refractivity contribution < 1.29 is 18.7 Å². The summed E-state index contributed by atoms with van der Waals surface area (Å²) in [4.78, 5) is 34.1. The van der Waals surface area contributed by atoms with Gasteiger partial charge in [-0.25, -0.2) is 9.37 Å². The molecule has 152 valence electrons. The molecule has 2 aliphatic rings. The number of aromatic nitrogens is 3. The summed E-state index contributed by atoms with van der Waals surface area (Å²) in [6.45, 7) is 0.609. The molecular weight excluding hydrogens is 391 g/mol. The van der Waals surface area contributed by atoms with Crippen LogP contribution in [0.1, 0.15) is 34.2 Å². The second kappa shape index (κ2) is 7.34. The van der Waals surface area contributed by atoms with Crippen LogP contribution >= 0.6 is 0 Å². The first-order valence-corrected chi connectivity index (χ1v) is 9.46. The van der Waals surface area contributed by atoms with E-state index in [1.54, 1.807) is 29.1 Å². The lowest BCUT2D eigenvalue weighted by Crippen LogP contribution is -2.30. The second-order valence-corrected chi connectivity index (χ2v) is 7.09. The minimum atomic E-state index is -0.547. The average molecular weight is 408 g/mol. The van der Waals surface area contributed by atoms with Crippen molar-refractivity contribution in [3.8, 4) is 17.0 Å². The van der Waals surface area contributed by atoms with Gasteiger partial charge in [-0.05, 0) is 30.7 Å². The summed E-state index contributed by atoms with van der Waals surface area (Å²) in [6, 6.07) is 6.95. The van der Waals surface area contributed by atoms with Gasteiger partial charge in [0.1, 0.15) is 17.4 Å². The van der Waals surface area contributed by atoms with E-state index in [0.717, 1.165) is 11.6 Å². The summed E-state index contributed by atoms with van der Waals surface area (Å²) >= 11 is 0. The van der Waals surface area contributed by atoms with Gasteiger partial charge < -0.3 is 14.8 Å². The van der Waals surface area contributed by atoms with E-state index in [1.807, 2.05) is 0 Å². The summed E-state index contributed by atoms with van der Waals surface area (Å²) in [5, 5.41) is 2.87. The van der Waals surface area contributed by atoms with Crippen LogP contribution in [0.25, 0.3) is 11.3 Å². The fraction of sp³-hybridized carbons (Fsp3) is 0.238. The van der Waals surface area contributed by atoms with Gasteiger partial charge in [0.25, 0.3) is 11.5 Å². The Labute approximate surface area is 170 Å². The molecule has 5 rings (SSSR count). The highest BCUT2D eigenvalue weighted by molar-refractivity contribution is 5.97. The van der Waals surface area contributed by atoms with Crippen LogP contribution in [0, 0.1) is 5.82 Å². The van der Waals surface area contributed by atoms with Crippen molar-refractivity contribution in [1.29, 1.82) is 0 Å². The predicted octanol–water partition coefficient (Wildman–Crippen LogP) is 2.19. The van der Waals surface area contributed by atoms with E-state index >= 15 is 0 Å². The molecule has 3 aromatic rings. The van der Waals surface area contributed by atoms with E-state index in [-0.39, 0.29) is 24.5 Å². The number of hydrogen-bond acceptors (Lipinski definition) is 6. The van der Waals surface area contributed by atoms with Crippen LogP contribution < -0.4 is 15.6 Å². The average Bonchev–Trinajstić information content (AvgIpc) is 3.17. The highest BCUT2D eigenvalue weighted by Gasteiger charge is 2.29. The van der Waals surface area contributed by atoms with E-state index in [0.29, 0.717) is 35.8 Å². The SMILES string of the molecule is O=C(NC1CCn2c1nc(-c1ccncc1)cc2=O)c1cc(F)cc2c1OCOC2. The Kier molecular flexibility index (Phi) is 4.51. The zero-order valence-electron chi connectivity index (χ0n) is 15.8. The van der Waals surface area contributed by atoms with Gasteiger partial charge in [-0.2, -0.15) is 0 Å². The van der Waals surface area contributed by atoms with Crippen LogP contribution in [0.3, 0.4) is 0 Å². The van der Waals surface area contributed by atoms with Gasteiger partial charge in [0.2, 0.25) is 0 Å². The Morgan fingerprint density at radius 2 is 2.07 bits per heavy atom. The first-order valence-electron chi connectivity index (χ1n) is 9.46. The molecule has 0 spiro atoms. The Bertz CT molecular complexity index is 1200. The molecule has 0 saturated carbocycles. The molecule has 30 heavy (non-hydrogen) atoms. The lowest BCUT2D eigenvalue weighted by Gasteiger charge is -2.21. The van der Waals surface area contributed by atoms with E-state index < -0.39 is 17.8 Å².